The van der Waals surface area contributed by atoms with Gasteiger partial charge in [-0.25, -0.2) is 4.98 Å². The molecular weight excluding hydrogens is 411 g/mol. The van der Waals surface area contributed by atoms with E-state index in [4.69, 9.17) is 0 Å². The Morgan fingerprint density at radius 3 is 2.83 bits per heavy atom. The van der Waals surface area contributed by atoms with Crippen molar-refractivity contribution in [2.24, 2.45) is 5.92 Å². The molecule has 2 aliphatic rings. The first-order chi connectivity index (χ1) is 14.4. The van der Waals surface area contributed by atoms with Crippen LogP contribution in [-0.2, 0) is 25.6 Å². The summed E-state index contributed by atoms with van der Waals surface area (Å²) in [6.07, 6.45) is 2.44. The van der Waals surface area contributed by atoms with Gasteiger partial charge in [-0.2, -0.15) is 13.2 Å². The highest BCUT2D eigenvalue weighted by Crippen LogP contribution is 2.35. The van der Waals surface area contributed by atoms with E-state index < -0.39 is 11.7 Å². The van der Waals surface area contributed by atoms with Gasteiger partial charge in [-0.3, -0.25) is 9.36 Å². The maximum atomic E-state index is 13.1. The van der Waals surface area contributed by atoms with E-state index in [9.17, 15) is 18.0 Å². The van der Waals surface area contributed by atoms with Gasteiger partial charge in [0.25, 0.3) is 5.56 Å². The molecule has 1 N–H and O–H groups in total. The second-order valence-corrected chi connectivity index (χ2v) is 9.43. The number of fused-ring (bicyclic) bond motifs is 3. The summed E-state index contributed by atoms with van der Waals surface area (Å²) in [5.41, 5.74) is 0.635. The zero-order valence-corrected chi connectivity index (χ0v) is 17.2. The lowest BCUT2D eigenvalue weighted by Gasteiger charge is -2.23. The molecule has 3 aromatic rings. The van der Waals surface area contributed by atoms with Gasteiger partial charge in [-0.05, 0) is 67.8 Å². The van der Waals surface area contributed by atoms with Crippen molar-refractivity contribution >= 4 is 21.6 Å². The minimum absolute atomic E-state index is 0.0713. The number of hydrogen-bond donors (Lipinski definition) is 1. The first-order valence-corrected chi connectivity index (χ1v) is 11.1. The quantitative estimate of drug-likeness (QED) is 0.650. The van der Waals surface area contributed by atoms with Crippen molar-refractivity contribution in [3.05, 3.63) is 62.5 Å². The van der Waals surface area contributed by atoms with Crippen molar-refractivity contribution in [1.29, 1.82) is 0 Å². The number of nitrogens with zero attached hydrogens (tertiary/aromatic N) is 2. The third kappa shape index (κ3) is 3.90. The Morgan fingerprint density at radius 2 is 2.07 bits per heavy atom. The summed E-state index contributed by atoms with van der Waals surface area (Å²) >= 11 is 1.58. The van der Waals surface area contributed by atoms with Gasteiger partial charge in [0.2, 0.25) is 0 Å². The molecule has 4 nitrogen and oxygen atoms in total. The van der Waals surface area contributed by atoms with Gasteiger partial charge in [0.15, 0.2) is 0 Å². The summed E-state index contributed by atoms with van der Waals surface area (Å²) in [6, 6.07) is 5.55. The summed E-state index contributed by atoms with van der Waals surface area (Å²) in [5, 5.41) is 4.30. The Hall–Kier alpha value is -2.19. The fraction of sp³-hybridized carbons (Fsp3) is 0.455. The van der Waals surface area contributed by atoms with Crippen molar-refractivity contribution in [3.63, 3.8) is 0 Å². The number of halogens is 3. The molecule has 0 unspecified atom stereocenters. The van der Waals surface area contributed by atoms with E-state index in [2.05, 4.69) is 10.3 Å². The molecule has 0 bridgehead atoms. The molecule has 2 aromatic heterocycles. The number of nitrogens with one attached hydrogen (secondary N) is 1. The van der Waals surface area contributed by atoms with Crippen LogP contribution in [0.2, 0.25) is 0 Å². The van der Waals surface area contributed by atoms with Gasteiger partial charge in [0.05, 0.1) is 23.8 Å². The van der Waals surface area contributed by atoms with Gasteiger partial charge >= 0.3 is 6.18 Å². The van der Waals surface area contributed by atoms with E-state index in [1.807, 2.05) is 0 Å². The van der Waals surface area contributed by atoms with Crippen LogP contribution in [0.15, 0.2) is 35.4 Å². The molecule has 30 heavy (non-hydrogen) atoms. The number of hydrogen-bond acceptors (Lipinski definition) is 4. The normalized spacial score (nSPS) is 19.2. The molecule has 1 atom stereocenters. The van der Waals surface area contributed by atoms with Crippen molar-refractivity contribution in [3.8, 4) is 0 Å². The van der Waals surface area contributed by atoms with Crippen molar-refractivity contribution < 1.29 is 13.2 Å². The number of aryl methyl sites for hydroxylation is 1. The minimum atomic E-state index is -4.40. The molecule has 1 aromatic carbocycles. The molecule has 0 spiro atoms. The molecule has 2 heterocycles. The number of aromatic nitrogens is 2. The lowest BCUT2D eigenvalue weighted by atomic mass is 9.93. The van der Waals surface area contributed by atoms with E-state index in [1.165, 1.54) is 34.7 Å². The van der Waals surface area contributed by atoms with Crippen LogP contribution in [-0.4, -0.2) is 22.1 Å². The van der Waals surface area contributed by atoms with E-state index in [0.717, 1.165) is 54.3 Å². The maximum Gasteiger partial charge on any atom is 0.416 e. The third-order valence-electron chi connectivity index (χ3n) is 6.04. The summed E-state index contributed by atoms with van der Waals surface area (Å²) in [7, 11) is 0. The standard InChI is InChI=1S/C22H22F3N3OS/c23-22(24,25)15-3-1-2-14(8-15)11-28-12-27-20-19(21(28)29)17-7-6-16(9-18(17)30-20)26-10-13-4-5-13/h1-3,8,12-13,16,26H,4-7,9-11H2/t16-/m0/s1. The van der Waals surface area contributed by atoms with Crippen LogP contribution in [0.25, 0.3) is 10.2 Å². The maximum absolute atomic E-state index is 13.1. The molecule has 0 aliphatic heterocycles. The van der Waals surface area contributed by atoms with Gasteiger partial charge in [0, 0.05) is 10.9 Å². The number of benzene rings is 1. The van der Waals surface area contributed by atoms with Crippen LogP contribution in [0.4, 0.5) is 13.2 Å². The molecule has 1 saturated carbocycles. The summed E-state index contributed by atoms with van der Waals surface area (Å²) in [4.78, 5) is 19.6. The summed E-state index contributed by atoms with van der Waals surface area (Å²) in [6.45, 7) is 1.15. The van der Waals surface area contributed by atoms with E-state index in [-0.39, 0.29) is 12.1 Å². The number of alkyl halides is 3. The monoisotopic (exact) mass is 433 g/mol. The van der Waals surface area contributed by atoms with Crippen LogP contribution in [0.5, 0.6) is 0 Å². The zero-order chi connectivity index (χ0) is 20.9. The van der Waals surface area contributed by atoms with Gasteiger partial charge in [0.1, 0.15) is 4.83 Å². The molecule has 5 rings (SSSR count). The fourth-order valence-corrected chi connectivity index (χ4v) is 5.44. The van der Waals surface area contributed by atoms with Crippen LogP contribution < -0.4 is 10.9 Å². The highest BCUT2D eigenvalue weighted by molar-refractivity contribution is 7.18. The highest BCUT2D eigenvalue weighted by atomic mass is 32.1. The highest BCUT2D eigenvalue weighted by Gasteiger charge is 2.30. The molecule has 0 saturated heterocycles. The molecule has 8 heteroatoms. The molecule has 1 fully saturated rings. The Bertz CT molecular complexity index is 1150. The number of thiophene rings is 1. The van der Waals surface area contributed by atoms with Crippen LogP contribution >= 0.6 is 11.3 Å². The molecule has 158 valence electrons. The summed E-state index contributed by atoms with van der Waals surface area (Å²) < 4.78 is 40.4. The largest absolute Gasteiger partial charge is 0.416 e. The zero-order valence-electron chi connectivity index (χ0n) is 16.3. The topological polar surface area (TPSA) is 46.9 Å². The average Bonchev–Trinajstić information content (AvgIpc) is 3.47. The van der Waals surface area contributed by atoms with Gasteiger partial charge < -0.3 is 5.32 Å². The minimum Gasteiger partial charge on any atom is -0.313 e. The second kappa shape index (κ2) is 7.50. The molecule has 0 amide bonds. The first kappa shape index (κ1) is 19.8. The lowest BCUT2D eigenvalue weighted by Crippen LogP contribution is -2.35. The van der Waals surface area contributed by atoms with E-state index in [0.29, 0.717) is 17.0 Å². The third-order valence-corrected chi connectivity index (χ3v) is 7.20. The van der Waals surface area contributed by atoms with Gasteiger partial charge in [-0.15, -0.1) is 11.3 Å². The summed E-state index contributed by atoms with van der Waals surface area (Å²) in [5.74, 6) is 0.832. The number of rotatable bonds is 5. The SMILES string of the molecule is O=c1c2c3c(sc2ncn1Cc1cccc(C(F)(F)F)c1)C[C@@H](NCC1CC1)CC3. The van der Waals surface area contributed by atoms with E-state index in [1.54, 1.807) is 17.4 Å². The van der Waals surface area contributed by atoms with Crippen LogP contribution in [0.1, 0.15) is 40.8 Å². The predicted octanol–water partition coefficient (Wildman–Crippen LogP) is 4.38. The fourth-order valence-electron chi connectivity index (χ4n) is 4.19. The predicted molar refractivity (Wildman–Crippen MR) is 111 cm³/mol. The first-order valence-electron chi connectivity index (χ1n) is 10.3. The van der Waals surface area contributed by atoms with Crippen molar-refractivity contribution in [2.75, 3.05) is 6.54 Å². The molecular formula is C22H22F3N3OS. The van der Waals surface area contributed by atoms with Crippen LogP contribution in [0, 0.1) is 5.92 Å². The van der Waals surface area contributed by atoms with E-state index >= 15 is 0 Å². The lowest BCUT2D eigenvalue weighted by molar-refractivity contribution is -0.137. The Morgan fingerprint density at radius 1 is 1.23 bits per heavy atom. The Balaban J connectivity index is 1.42. The van der Waals surface area contributed by atoms with Crippen molar-refractivity contribution in [1.82, 2.24) is 14.9 Å². The van der Waals surface area contributed by atoms with Gasteiger partial charge in [-0.1, -0.05) is 12.1 Å². The molecule has 2 aliphatic carbocycles. The second-order valence-electron chi connectivity index (χ2n) is 8.35. The van der Waals surface area contributed by atoms with Crippen LogP contribution in [0.3, 0.4) is 0 Å². The van der Waals surface area contributed by atoms with Crippen molar-refractivity contribution in [2.45, 2.75) is 50.9 Å². The average molecular weight is 433 g/mol. The smallest absolute Gasteiger partial charge is 0.313 e. The molecule has 0 radical (unpaired) electrons. The Labute approximate surface area is 175 Å². The Kier molecular flexibility index (Phi) is 4.94.